The van der Waals surface area contributed by atoms with E-state index in [-0.39, 0.29) is 30.0 Å². The van der Waals surface area contributed by atoms with Crippen molar-refractivity contribution < 1.29 is 4.79 Å². The van der Waals surface area contributed by atoms with Crippen molar-refractivity contribution >= 4 is 11.5 Å². The average molecular weight is 1240 g/mol. The maximum Gasteiger partial charge on any atom is 0.159 e. The average Bonchev–Trinajstić information content (AvgIpc) is 3.11. The number of benzene rings is 10. The van der Waals surface area contributed by atoms with Gasteiger partial charge in [-0.15, -0.1) is 0 Å². The largest absolute Gasteiger partial charge is 0.324 e. The summed E-state index contributed by atoms with van der Waals surface area (Å²) in [6, 6.07) is 93.8. The first-order chi connectivity index (χ1) is 44.4. The zero-order valence-corrected chi connectivity index (χ0v) is 58.6. The Morgan fingerprint density at radius 2 is 0.484 bits per heavy atom. The van der Waals surface area contributed by atoms with Crippen molar-refractivity contribution in [3.63, 3.8) is 0 Å². The van der Waals surface area contributed by atoms with Crippen molar-refractivity contribution in [2.24, 2.45) is 22.2 Å². The van der Waals surface area contributed by atoms with Crippen LogP contribution in [0.4, 0.5) is 0 Å². The molecule has 8 N–H and O–H groups in total. The zero-order chi connectivity index (χ0) is 68.2. The summed E-state index contributed by atoms with van der Waals surface area (Å²) in [6.45, 7) is 33.1. The standard InChI is InChI=1S/2C17H21N.C17H19N.2C9H13N.C9H10O.C8H11N/c3*1-13-9-11-17(12-10-13)15(3)18-14(2)16-7-5-4-6-8-16;3*1-7-3-5-9(6-4-7)8(2)10;1-7(9)8-5-3-2-4-6-8/h2*4-12,14-15,18H,1-3H3;4-12,14H,1-3H3;2*3-6,8H,10H2,1-2H3;3-6H,1-2H3;2-7H,9H2,1H3/t2*14-,15?;14-;;;;7-/m111...1/s1. The Morgan fingerprint density at radius 3 is 0.731 bits per heavy atom. The second-order valence-corrected chi connectivity index (χ2v) is 24.6. The molecule has 0 aliphatic heterocycles. The molecule has 4 unspecified atom stereocenters. The number of carbonyl (C=O) groups excluding carboxylic acids is 1. The van der Waals surface area contributed by atoms with Gasteiger partial charge in [-0.2, -0.15) is 0 Å². The first kappa shape index (κ1) is 76.8. The molecule has 0 aromatic heterocycles. The van der Waals surface area contributed by atoms with Gasteiger partial charge in [0.05, 0.1) is 6.04 Å². The number of aryl methyl sites for hydroxylation is 6. The molecule has 0 spiro atoms. The van der Waals surface area contributed by atoms with Gasteiger partial charge >= 0.3 is 0 Å². The third-order valence-corrected chi connectivity index (χ3v) is 15.9. The van der Waals surface area contributed by atoms with Gasteiger partial charge in [0.15, 0.2) is 5.78 Å². The van der Waals surface area contributed by atoms with E-state index in [0.29, 0.717) is 24.2 Å². The van der Waals surface area contributed by atoms with Gasteiger partial charge in [0.1, 0.15) is 0 Å². The summed E-state index contributed by atoms with van der Waals surface area (Å²) in [7, 11) is 0. The van der Waals surface area contributed by atoms with Crippen LogP contribution in [0.5, 0.6) is 0 Å². The number of nitrogens with two attached hydrogens (primary N) is 3. The minimum Gasteiger partial charge on any atom is -0.324 e. The Labute approximate surface area is 561 Å². The van der Waals surface area contributed by atoms with E-state index in [0.717, 1.165) is 11.3 Å². The molecular formula is C86H108N6O. The van der Waals surface area contributed by atoms with Crippen LogP contribution in [-0.2, 0) is 0 Å². The van der Waals surface area contributed by atoms with Gasteiger partial charge in [0.2, 0.25) is 0 Å². The molecule has 0 saturated carbocycles. The Kier molecular flexibility index (Phi) is 34.5. The highest BCUT2D eigenvalue weighted by molar-refractivity contribution is 5.98. The molecule has 7 nitrogen and oxygen atoms in total. The Morgan fingerprint density at radius 1 is 0.280 bits per heavy atom. The monoisotopic (exact) mass is 1240 g/mol. The van der Waals surface area contributed by atoms with Gasteiger partial charge in [-0.3, -0.25) is 9.79 Å². The van der Waals surface area contributed by atoms with Gasteiger partial charge < -0.3 is 27.8 Å². The Hall–Kier alpha value is -8.66. The molecule has 0 heterocycles. The number of ketones is 1. The maximum atomic E-state index is 10.8. The summed E-state index contributed by atoms with van der Waals surface area (Å²) in [5.74, 6) is 0.125. The summed E-state index contributed by atoms with van der Waals surface area (Å²) in [5, 5.41) is 7.26. The fourth-order valence-corrected chi connectivity index (χ4v) is 9.58. The maximum absolute atomic E-state index is 10.8. The third kappa shape index (κ3) is 30.1. The topological polar surface area (TPSA) is 132 Å². The number of hydrogen-bond acceptors (Lipinski definition) is 7. The quantitative estimate of drug-likeness (QED) is 0.0513. The number of hydrogen-bond donors (Lipinski definition) is 5. The molecule has 0 bridgehead atoms. The van der Waals surface area contributed by atoms with Crippen molar-refractivity contribution in [1.29, 1.82) is 0 Å². The van der Waals surface area contributed by atoms with E-state index in [1.165, 1.54) is 83.5 Å². The molecule has 8 atom stereocenters. The molecular weight excluding hydrogens is 1130 g/mol. The molecule has 0 aliphatic carbocycles. The molecule has 10 rings (SSSR count). The Balaban J connectivity index is 0.000000236. The lowest BCUT2D eigenvalue weighted by molar-refractivity contribution is 0.101. The van der Waals surface area contributed by atoms with Crippen LogP contribution in [0.1, 0.15) is 211 Å². The highest BCUT2D eigenvalue weighted by Crippen LogP contribution is 2.23. The normalized spacial score (nSPS) is 13.2. The first-order valence-electron chi connectivity index (χ1n) is 32.8. The number of rotatable bonds is 15. The predicted molar refractivity (Wildman–Crippen MR) is 401 cm³/mol. The molecule has 7 heteroatoms. The second-order valence-electron chi connectivity index (χ2n) is 24.6. The summed E-state index contributed by atoms with van der Waals surface area (Å²) in [5.41, 5.74) is 37.8. The SMILES string of the molecule is CC(=N[C@H](C)c1ccccc1)c1ccc(C)cc1.CC(=O)c1ccc(C)cc1.C[C@@H](N)c1ccccc1.Cc1ccc(C(C)N)cc1.Cc1ccc(C(C)N)cc1.Cc1ccc(C(C)N[C@H](C)c2ccccc2)cc1.Cc1ccc(C(C)N[C@H](C)c2ccccc2)cc1. The van der Waals surface area contributed by atoms with E-state index in [1.807, 2.05) is 88.4 Å². The van der Waals surface area contributed by atoms with Crippen LogP contribution in [0.2, 0.25) is 0 Å². The fraction of sp³-hybridized carbons (Fsp3) is 0.279. The van der Waals surface area contributed by atoms with Crippen LogP contribution >= 0.6 is 0 Å². The van der Waals surface area contributed by atoms with E-state index < -0.39 is 0 Å². The number of Topliss-reactive ketones (excluding diaryl/α,β-unsaturated/α-hetero) is 1. The van der Waals surface area contributed by atoms with E-state index >= 15 is 0 Å². The number of nitrogens with one attached hydrogen (secondary N) is 2. The Bertz CT molecular complexity index is 3460. The predicted octanol–water partition coefficient (Wildman–Crippen LogP) is 21.3. The van der Waals surface area contributed by atoms with Gasteiger partial charge in [-0.05, 0) is 161 Å². The molecule has 10 aromatic rings. The smallest absolute Gasteiger partial charge is 0.159 e. The zero-order valence-electron chi connectivity index (χ0n) is 58.6. The summed E-state index contributed by atoms with van der Waals surface area (Å²) in [6.07, 6.45) is 0. The van der Waals surface area contributed by atoms with Crippen molar-refractivity contribution in [2.45, 2.75) is 159 Å². The molecule has 0 aliphatic rings. The van der Waals surface area contributed by atoms with Crippen LogP contribution in [0.15, 0.2) is 272 Å². The second kappa shape index (κ2) is 41.7. The minimum absolute atomic E-state index is 0.125. The summed E-state index contributed by atoms with van der Waals surface area (Å²) in [4.78, 5) is 15.5. The third-order valence-electron chi connectivity index (χ3n) is 15.9. The molecule has 0 amide bonds. The molecule has 488 valence electrons. The lowest BCUT2D eigenvalue weighted by Crippen LogP contribution is -2.22. The van der Waals surface area contributed by atoms with Crippen LogP contribution in [0.25, 0.3) is 0 Å². The van der Waals surface area contributed by atoms with Crippen LogP contribution in [-0.4, -0.2) is 11.5 Å². The van der Waals surface area contributed by atoms with Crippen LogP contribution in [0, 0.1) is 41.5 Å². The molecule has 93 heavy (non-hydrogen) atoms. The highest BCUT2D eigenvalue weighted by Gasteiger charge is 2.12. The van der Waals surface area contributed by atoms with Crippen molar-refractivity contribution in [3.05, 3.63) is 356 Å². The number of carbonyl (C=O) groups is 1. The van der Waals surface area contributed by atoms with Gasteiger partial charge in [-0.25, -0.2) is 0 Å². The first-order valence-corrected chi connectivity index (χ1v) is 32.8. The number of aliphatic imine (C=N–C) groups is 1. The highest BCUT2D eigenvalue weighted by atomic mass is 16.1. The van der Waals surface area contributed by atoms with Gasteiger partial charge in [0, 0.05) is 53.6 Å². The minimum atomic E-state index is 0.125. The van der Waals surface area contributed by atoms with Crippen molar-refractivity contribution in [1.82, 2.24) is 10.6 Å². The van der Waals surface area contributed by atoms with E-state index in [1.54, 1.807) is 6.92 Å². The van der Waals surface area contributed by atoms with Crippen molar-refractivity contribution in [2.75, 3.05) is 0 Å². The van der Waals surface area contributed by atoms with Crippen LogP contribution < -0.4 is 27.8 Å². The lowest BCUT2D eigenvalue weighted by Gasteiger charge is -2.21. The number of nitrogens with zero attached hydrogens (tertiary/aromatic N) is 1. The molecule has 0 saturated heterocycles. The molecule has 0 radical (unpaired) electrons. The van der Waals surface area contributed by atoms with E-state index in [9.17, 15) is 4.79 Å². The summed E-state index contributed by atoms with van der Waals surface area (Å²) >= 11 is 0. The fourth-order valence-electron chi connectivity index (χ4n) is 9.58. The lowest BCUT2D eigenvalue weighted by atomic mass is 10.0. The summed E-state index contributed by atoms with van der Waals surface area (Å²) < 4.78 is 0. The van der Waals surface area contributed by atoms with E-state index in [4.69, 9.17) is 22.2 Å². The molecule has 10 aromatic carbocycles. The van der Waals surface area contributed by atoms with Gasteiger partial charge in [-0.1, -0.05) is 300 Å². The van der Waals surface area contributed by atoms with Crippen LogP contribution in [0.3, 0.4) is 0 Å². The van der Waals surface area contributed by atoms with Crippen molar-refractivity contribution in [3.8, 4) is 0 Å². The van der Waals surface area contributed by atoms with E-state index in [2.05, 4.69) is 293 Å². The van der Waals surface area contributed by atoms with Gasteiger partial charge in [0.25, 0.3) is 0 Å². The molecule has 0 fully saturated rings.